The largest absolute Gasteiger partial charge is 0.464 e. The number of likely N-dealkylation sites (N-methyl/N-ethyl adjacent to an activating group) is 1. The second-order valence-electron chi connectivity index (χ2n) is 21.9. The number of fused-ring (bicyclic) bond motifs is 6. The Morgan fingerprint density at radius 2 is 1.75 bits per heavy atom. The minimum absolute atomic E-state index is 0.0811. The molecule has 416 valence electrons. The molecule has 21 heteroatoms. The van der Waals surface area contributed by atoms with Crippen molar-refractivity contribution in [3.05, 3.63) is 83.7 Å². The van der Waals surface area contributed by atoms with Crippen molar-refractivity contribution < 1.29 is 55.4 Å². The molecule has 8 rings (SSSR count). The number of nitrogens with zero attached hydrogens (tertiary/aromatic N) is 6. The van der Waals surface area contributed by atoms with Gasteiger partial charge in [0.05, 0.1) is 41.9 Å². The van der Waals surface area contributed by atoms with Crippen LogP contribution in [0.15, 0.2) is 61.3 Å². The third kappa shape index (κ3) is 12.6. The van der Waals surface area contributed by atoms with Gasteiger partial charge in [0.1, 0.15) is 24.7 Å². The number of benzene rings is 2. The van der Waals surface area contributed by atoms with Crippen LogP contribution in [0.4, 0.5) is 27.6 Å². The number of anilines is 1. The fourth-order valence-electron chi connectivity index (χ4n) is 11.3. The molecule has 3 N–H and O–H groups in total. The van der Waals surface area contributed by atoms with Crippen LogP contribution in [0.3, 0.4) is 0 Å². The van der Waals surface area contributed by atoms with Crippen molar-refractivity contribution in [3.8, 4) is 22.4 Å². The lowest BCUT2D eigenvalue weighted by Gasteiger charge is -2.37. The number of alkyl halides is 5. The number of methoxy groups -OCH3 is 1. The van der Waals surface area contributed by atoms with Gasteiger partial charge in [-0.3, -0.25) is 34.0 Å². The van der Waals surface area contributed by atoms with Gasteiger partial charge in [-0.2, -0.15) is 13.2 Å². The molecule has 1 unspecified atom stereocenters. The molecule has 0 aliphatic carbocycles. The van der Waals surface area contributed by atoms with Crippen molar-refractivity contribution in [1.82, 2.24) is 40.4 Å². The van der Waals surface area contributed by atoms with Crippen molar-refractivity contribution in [3.63, 3.8) is 0 Å². The maximum atomic E-state index is 15.1. The van der Waals surface area contributed by atoms with E-state index in [9.17, 15) is 24.0 Å². The fourth-order valence-corrected chi connectivity index (χ4v) is 11.3. The molecule has 6 bridgehead atoms. The number of piperazine rings is 1. The SMILES string of the molecule is C=CC(=O)N1CCC(C(=O)N(C)[C@H](C(=O)N[C@H]2Cc3cc(cc(C(F)F)c3)-c3ccc4c(c3)c(c(-c3cc(N5CCNCC5)cnc3[C@H](C)OC)n4CC(F)(F)F)CC(C)(C)COC(=O)[C@@H]3CCCN(N3)C2=O)C(C)C)C1. The number of cyclic esters (lactones) is 1. The molecule has 0 saturated carbocycles. The Morgan fingerprint density at radius 1 is 1.01 bits per heavy atom. The summed E-state index contributed by atoms with van der Waals surface area (Å²) in [5.74, 6) is -3.82. The van der Waals surface area contributed by atoms with E-state index in [1.165, 1.54) is 51.7 Å². The maximum Gasteiger partial charge on any atom is 0.406 e. The zero-order valence-electron chi connectivity index (χ0n) is 44.8. The Balaban J connectivity index is 1.28. The van der Waals surface area contributed by atoms with Gasteiger partial charge < -0.3 is 39.4 Å². The topological polar surface area (TPSA) is 171 Å². The van der Waals surface area contributed by atoms with E-state index in [0.29, 0.717) is 79.0 Å². The van der Waals surface area contributed by atoms with Crippen LogP contribution in [0.1, 0.15) is 88.8 Å². The lowest BCUT2D eigenvalue weighted by atomic mass is 9.84. The molecule has 16 nitrogen and oxygen atoms in total. The number of pyridine rings is 1. The van der Waals surface area contributed by atoms with Crippen molar-refractivity contribution in [2.75, 3.05) is 71.5 Å². The van der Waals surface area contributed by atoms with E-state index >= 15 is 22.0 Å². The third-order valence-electron chi connectivity index (χ3n) is 15.2. The quantitative estimate of drug-likeness (QED) is 0.0748. The third-order valence-corrected chi connectivity index (χ3v) is 15.2. The van der Waals surface area contributed by atoms with E-state index in [4.69, 9.17) is 14.5 Å². The summed E-state index contributed by atoms with van der Waals surface area (Å²) in [6.07, 6.45) is -4.74. The predicted molar refractivity (Wildman–Crippen MR) is 280 cm³/mol. The number of rotatable bonds is 12. The van der Waals surface area contributed by atoms with Gasteiger partial charge in [0.2, 0.25) is 17.7 Å². The van der Waals surface area contributed by atoms with Crippen LogP contribution in [0.25, 0.3) is 33.3 Å². The van der Waals surface area contributed by atoms with Gasteiger partial charge in [-0.1, -0.05) is 52.5 Å². The highest BCUT2D eigenvalue weighted by Gasteiger charge is 2.41. The van der Waals surface area contributed by atoms with Crippen LogP contribution in [0.5, 0.6) is 0 Å². The molecule has 0 radical (unpaired) electrons. The molecule has 0 spiro atoms. The second kappa shape index (κ2) is 23.3. The zero-order chi connectivity index (χ0) is 55.7. The molecule has 4 aliphatic rings. The summed E-state index contributed by atoms with van der Waals surface area (Å²) in [6.45, 7) is 14.1. The molecule has 4 amide bonds. The highest BCUT2D eigenvalue weighted by molar-refractivity contribution is 5.97. The molecule has 77 heavy (non-hydrogen) atoms. The van der Waals surface area contributed by atoms with Crippen molar-refractivity contribution in [2.45, 2.75) is 110 Å². The van der Waals surface area contributed by atoms with Gasteiger partial charge in [-0.15, -0.1) is 0 Å². The van der Waals surface area contributed by atoms with Crippen LogP contribution in [0, 0.1) is 17.3 Å². The minimum atomic E-state index is -4.71. The van der Waals surface area contributed by atoms with E-state index in [1.807, 2.05) is 19.9 Å². The number of hydrogen-bond donors (Lipinski definition) is 3. The fraction of sp³-hybridized carbons (Fsp3) is 0.536. The molecular formula is C56H70F5N9O7. The maximum absolute atomic E-state index is 15.1. The highest BCUT2D eigenvalue weighted by atomic mass is 19.4. The summed E-state index contributed by atoms with van der Waals surface area (Å²) >= 11 is 0. The molecule has 3 fully saturated rings. The summed E-state index contributed by atoms with van der Waals surface area (Å²) in [7, 11) is 2.98. The van der Waals surface area contributed by atoms with Gasteiger partial charge in [-0.05, 0) is 91.1 Å². The van der Waals surface area contributed by atoms with Gasteiger partial charge >= 0.3 is 12.1 Å². The van der Waals surface area contributed by atoms with Gasteiger partial charge in [-0.25, -0.2) is 14.2 Å². The number of ether oxygens (including phenoxy) is 2. The smallest absolute Gasteiger partial charge is 0.406 e. The summed E-state index contributed by atoms with van der Waals surface area (Å²) in [6, 6.07) is 7.28. The molecule has 6 heterocycles. The zero-order valence-corrected chi connectivity index (χ0v) is 44.8. The first-order valence-electron chi connectivity index (χ1n) is 26.3. The summed E-state index contributed by atoms with van der Waals surface area (Å²) in [5.41, 5.74) is 4.99. The Hall–Kier alpha value is -6.45. The molecule has 4 aromatic rings. The number of hydrazine groups is 1. The lowest BCUT2D eigenvalue weighted by Crippen LogP contribution is -2.62. The standard InChI is InChI=1S/C56H70F5N9O7/c1-9-46(71)68-18-14-36(29-68)52(73)66(7)48(32(2)3)51(72)64-44-23-34-21-37(24-38(22-34)50(57)58)35-12-13-45-40(25-35)42(27-55(5,6)31-77-54(75)43-11-10-17-70(65-43)53(44)74)49(69(45)30-56(59,60)61)41-26-39(67-19-15-62-16-20-67)28-63-47(41)33(4)76-8/h9,12-13,21-22,24-26,28,32-33,36,43-44,48,50,62,65H,1,10-11,14-20,23,27,29-31H2,2-8H3,(H,64,72)/t33-,36?,43-,44-,48-/m0/s1. The average molecular weight is 1080 g/mol. The summed E-state index contributed by atoms with van der Waals surface area (Å²) in [5, 5.41) is 7.82. The number of nitrogens with one attached hydrogen (secondary N) is 3. The molecule has 2 aromatic heterocycles. The van der Waals surface area contributed by atoms with Crippen LogP contribution < -0.4 is 21.0 Å². The summed E-state index contributed by atoms with van der Waals surface area (Å²) < 4.78 is 88.6. The van der Waals surface area contributed by atoms with Crippen LogP contribution >= 0.6 is 0 Å². The van der Waals surface area contributed by atoms with Gasteiger partial charge in [0, 0.05) is 93.8 Å². The number of hydrogen-bond acceptors (Lipinski definition) is 11. The molecule has 5 atom stereocenters. The normalized spacial score (nSPS) is 21.2. The number of halogens is 5. The molecule has 3 saturated heterocycles. The van der Waals surface area contributed by atoms with E-state index in [1.54, 1.807) is 51.2 Å². The van der Waals surface area contributed by atoms with E-state index in [0.717, 1.165) is 0 Å². The van der Waals surface area contributed by atoms with Gasteiger partial charge in [0.25, 0.3) is 12.3 Å². The van der Waals surface area contributed by atoms with Crippen molar-refractivity contribution in [2.24, 2.45) is 17.3 Å². The lowest BCUT2D eigenvalue weighted by molar-refractivity contribution is -0.155. The van der Waals surface area contributed by atoms with Crippen molar-refractivity contribution >= 4 is 46.2 Å². The van der Waals surface area contributed by atoms with Crippen LogP contribution in [0.2, 0.25) is 0 Å². The Morgan fingerprint density at radius 3 is 2.43 bits per heavy atom. The predicted octanol–water partition coefficient (Wildman–Crippen LogP) is 7.15. The number of esters is 1. The Kier molecular flexibility index (Phi) is 17.1. The van der Waals surface area contributed by atoms with Gasteiger partial charge in [0.15, 0.2) is 0 Å². The second-order valence-corrected chi connectivity index (χ2v) is 21.9. The number of carbonyl (C=O) groups is 5. The van der Waals surface area contributed by atoms with Crippen LogP contribution in [-0.2, 0) is 52.8 Å². The first-order valence-corrected chi connectivity index (χ1v) is 26.3. The van der Waals surface area contributed by atoms with E-state index in [2.05, 4.69) is 27.5 Å². The van der Waals surface area contributed by atoms with E-state index < -0.39 is 84.0 Å². The minimum Gasteiger partial charge on any atom is -0.464 e. The number of likely N-dealkylation sites (tertiary alicyclic amines) is 1. The average Bonchev–Trinajstić information content (AvgIpc) is 4.02. The number of amides is 4. The molecule has 2 aromatic carbocycles. The van der Waals surface area contributed by atoms with Crippen molar-refractivity contribution in [1.29, 1.82) is 0 Å². The number of carbonyl (C=O) groups excluding carboxylic acids is 5. The first-order chi connectivity index (χ1) is 36.5. The molecule has 4 aliphatic heterocycles. The molecular weight excluding hydrogens is 1010 g/mol. The van der Waals surface area contributed by atoms with E-state index in [-0.39, 0.29) is 73.1 Å². The summed E-state index contributed by atoms with van der Waals surface area (Å²) in [4.78, 5) is 79.8. The first kappa shape index (κ1) is 56.7. The number of aromatic nitrogens is 2. The Bertz CT molecular complexity index is 2880. The van der Waals surface area contributed by atoms with Crippen LogP contribution in [-0.4, -0.2) is 145 Å². The monoisotopic (exact) mass is 1080 g/mol. The Labute approximate surface area is 445 Å². The highest BCUT2D eigenvalue weighted by Crippen LogP contribution is 2.44.